The van der Waals surface area contributed by atoms with Crippen LogP contribution in [-0.2, 0) is 0 Å². The first kappa shape index (κ1) is 13.5. The highest BCUT2D eigenvalue weighted by molar-refractivity contribution is 5.27. The summed E-state index contributed by atoms with van der Waals surface area (Å²) in [7, 11) is 0. The van der Waals surface area contributed by atoms with Gasteiger partial charge in [-0.2, -0.15) is 0 Å². The van der Waals surface area contributed by atoms with Gasteiger partial charge < -0.3 is 5.73 Å². The van der Waals surface area contributed by atoms with Crippen LogP contribution in [0.1, 0.15) is 38.7 Å². The molecule has 0 amide bonds. The third-order valence-corrected chi connectivity index (χ3v) is 4.17. The lowest BCUT2D eigenvalue weighted by atomic mass is 9.73. The predicted molar refractivity (Wildman–Crippen MR) is 71.2 cm³/mol. The Morgan fingerprint density at radius 2 is 1.94 bits per heavy atom. The molecular formula is C14H22FN3. The second kappa shape index (κ2) is 4.96. The van der Waals surface area contributed by atoms with Crippen LogP contribution in [0.5, 0.6) is 0 Å². The molecule has 0 saturated carbocycles. The van der Waals surface area contributed by atoms with Crippen molar-refractivity contribution in [3.8, 4) is 0 Å². The molecule has 1 heterocycles. The van der Waals surface area contributed by atoms with Gasteiger partial charge in [0.05, 0.1) is 6.17 Å². The Kier molecular flexibility index (Phi) is 3.71. The van der Waals surface area contributed by atoms with Crippen molar-refractivity contribution in [3.05, 3.63) is 35.6 Å². The van der Waals surface area contributed by atoms with Crippen LogP contribution in [0.25, 0.3) is 0 Å². The van der Waals surface area contributed by atoms with Crippen LogP contribution >= 0.6 is 0 Å². The Morgan fingerprint density at radius 3 is 2.56 bits per heavy atom. The van der Waals surface area contributed by atoms with Crippen molar-refractivity contribution in [3.63, 3.8) is 0 Å². The van der Waals surface area contributed by atoms with E-state index >= 15 is 0 Å². The lowest BCUT2D eigenvalue weighted by Gasteiger charge is -2.35. The smallest absolute Gasteiger partial charge is 0.126 e. The minimum absolute atomic E-state index is 0.0497. The van der Waals surface area contributed by atoms with Crippen LogP contribution in [0.4, 0.5) is 4.39 Å². The fourth-order valence-corrected chi connectivity index (χ4v) is 2.59. The first-order valence-electron chi connectivity index (χ1n) is 6.48. The minimum atomic E-state index is -0.266. The van der Waals surface area contributed by atoms with Crippen LogP contribution in [-0.4, -0.2) is 12.2 Å². The van der Waals surface area contributed by atoms with E-state index in [9.17, 15) is 4.39 Å². The molecule has 1 saturated heterocycles. The summed E-state index contributed by atoms with van der Waals surface area (Å²) in [5.74, 6) is -0.235. The predicted octanol–water partition coefficient (Wildman–Crippen LogP) is 2.11. The largest absolute Gasteiger partial charge is 0.314 e. The number of nitrogens with one attached hydrogen (secondary N) is 2. The van der Waals surface area contributed by atoms with E-state index in [1.807, 2.05) is 12.1 Å². The van der Waals surface area contributed by atoms with E-state index in [0.717, 1.165) is 6.42 Å². The van der Waals surface area contributed by atoms with Crippen LogP contribution in [0, 0.1) is 11.2 Å². The van der Waals surface area contributed by atoms with Crippen molar-refractivity contribution in [1.29, 1.82) is 0 Å². The molecule has 18 heavy (non-hydrogen) atoms. The van der Waals surface area contributed by atoms with E-state index in [-0.39, 0.29) is 29.4 Å². The number of benzene rings is 1. The maximum absolute atomic E-state index is 14.0. The monoisotopic (exact) mass is 251 g/mol. The summed E-state index contributed by atoms with van der Waals surface area (Å²) < 4.78 is 14.0. The number of nitrogens with two attached hydrogens (primary N) is 1. The molecule has 4 N–H and O–H groups in total. The van der Waals surface area contributed by atoms with E-state index in [0.29, 0.717) is 5.56 Å². The molecule has 0 spiro atoms. The number of hydrogen-bond acceptors (Lipinski definition) is 3. The summed E-state index contributed by atoms with van der Waals surface area (Å²) >= 11 is 0. The molecule has 3 nitrogen and oxygen atoms in total. The van der Waals surface area contributed by atoms with Crippen LogP contribution in [0.2, 0.25) is 0 Å². The van der Waals surface area contributed by atoms with Crippen LogP contribution in [0.3, 0.4) is 0 Å². The van der Waals surface area contributed by atoms with Gasteiger partial charge in [0.1, 0.15) is 5.82 Å². The molecule has 0 aromatic heterocycles. The molecule has 0 aliphatic carbocycles. The zero-order valence-electron chi connectivity index (χ0n) is 11.2. The zero-order chi connectivity index (χ0) is 13.3. The first-order valence-corrected chi connectivity index (χ1v) is 6.48. The summed E-state index contributed by atoms with van der Waals surface area (Å²) in [6.07, 6.45) is 0.738. The molecule has 1 aromatic carbocycles. The third-order valence-electron chi connectivity index (χ3n) is 4.17. The molecule has 0 bridgehead atoms. The molecule has 2 rings (SSSR count). The van der Waals surface area contributed by atoms with Gasteiger partial charge >= 0.3 is 0 Å². The molecule has 0 radical (unpaired) electrons. The van der Waals surface area contributed by atoms with Crippen molar-refractivity contribution < 1.29 is 4.39 Å². The average molecular weight is 251 g/mol. The summed E-state index contributed by atoms with van der Waals surface area (Å²) in [6.45, 7) is 6.50. The number of hydrogen-bond donors (Lipinski definition) is 3. The summed E-state index contributed by atoms with van der Waals surface area (Å²) in [6, 6.07) is 7.01. The fourth-order valence-electron chi connectivity index (χ4n) is 2.59. The maximum atomic E-state index is 14.0. The number of rotatable bonds is 3. The van der Waals surface area contributed by atoms with Gasteiger partial charge in [0.25, 0.3) is 0 Å². The molecule has 1 aromatic rings. The highest BCUT2D eigenvalue weighted by Gasteiger charge is 2.43. The van der Waals surface area contributed by atoms with E-state index < -0.39 is 0 Å². The van der Waals surface area contributed by atoms with Crippen LogP contribution < -0.4 is 16.6 Å². The van der Waals surface area contributed by atoms with Gasteiger partial charge in [0, 0.05) is 12.0 Å². The van der Waals surface area contributed by atoms with Gasteiger partial charge in [-0.25, -0.2) is 9.82 Å². The standard InChI is InChI=1S/C14H22FN3/c1-4-14(2,3)12-11(13(16)18-17-12)9-7-5-6-8-10(9)15/h5-8,11-13,17-18H,4,16H2,1-3H3. The van der Waals surface area contributed by atoms with E-state index in [2.05, 4.69) is 31.6 Å². The Morgan fingerprint density at radius 1 is 1.28 bits per heavy atom. The van der Waals surface area contributed by atoms with Gasteiger partial charge in [-0.1, -0.05) is 39.0 Å². The van der Waals surface area contributed by atoms with Gasteiger partial charge in [0.15, 0.2) is 0 Å². The van der Waals surface area contributed by atoms with Crippen LogP contribution in [0.15, 0.2) is 24.3 Å². The van der Waals surface area contributed by atoms with Crippen molar-refractivity contribution >= 4 is 0 Å². The molecule has 1 fully saturated rings. The Bertz CT molecular complexity index is 419. The second-order valence-corrected chi connectivity index (χ2v) is 5.68. The van der Waals surface area contributed by atoms with Crippen molar-refractivity contribution in [2.75, 3.05) is 0 Å². The first-order chi connectivity index (χ1) is 8.47. The molecule has 1 aliphatic heterocycles. The van der Waals surface area contributed by atoms with Crippen molar-refractivity contribution in [2.45, 2.75) is 45.3 Å². The molecule has 1 aliphatic rings. The average Bonchev–Trinajstić information content (AvgIpc) is 2.72. The number of hydrazine groups is 1. The van der Waals surface area contributed by atoms with Gasteiger partial charge in [-0.3, -0.25) is 5.43 Å². The highest BCUT2D eigenvalue weighted by atomic mass is 19.1. The molecule has 3 atom stereocenters. The summed E-state index contributed by atoms with van der Waals surface area (Å²) in [5, 5.41) is 0. The van der Waals surface area contributed by atoms with E-state index in [1.165, 1.54) is 6.07 Å². The minimum Gasteiger partial charge on any atom is -0.314 e. The summed E-state index contributed by atoms with van der Waals surface area (Å²) in [5.41, 5.74) is 13.1. The quantitative estimate of drug-likeness (QED) is 0.771. The summed E-state index contributed by atoms with van der Waals surface area (Å²) in [4.78, 5) is 0. The molecule has 100 valence electrons. The van der Waals surface area contributed by atoms with Gasteiger partial charge in [-0.15, -0.1) is 0 Å². The Hall–Kier alpha value is -0.970. The van der Waals surface area contributed by atoms with Gasteiger partial charge in [-0.05, 0) is 23.5 Å². The normalized spacial score (nSPS) is 28.6. The number of halogens is 1. The third kappa shape index (κ3) is 2.28. The van der Waals surface area contributed by atoms with Crippen molar-refractivity contribution in [2.24, 2.45) is 11.1 Å². The fraction of sp³-hybridized carbons (Fsp3) is 0.571. The molecular weight excluding hydrogens is 229 g/mol. The molecule has 3 unspecified atom stereocenters. The maximum Gasteiger partial charge on any atom is 0.126 e. The Labute approximate surface area is 108 Å². The molecule has 4 heteroatoms. The lowest BCUT2D eigenvalue weighted by Crippen LogP contribution is -2.42. The lowest BCUT2D eigenvalue weighted by molar-refractivity contribution is 0.227. The topological polar surface area (TPSA) is 50.1 Å². The SMILES string of the molecule is CCC(C)(C)C1NNC(N)C1c1ccccc1F. The van der Waals surface area contributed by atoms with Gasteiger partial charge in [0.2, 0.25) is 0 Å². The zero-order valence-corrected chi connectivity index (χ0v) is 11.2. The highest BCUT2D eigenvalue weighted by Crippen LogP contribution is 2.38. The Balaban J connectivity index is 2.37. The van der Waals surface area contributed by atoms with E-state index in [1.54, 1.807) is 6.07 Å². The van der Waals surface area contributed by atoms with Crippen molar-refractivity contribution in [1.82, 2.24) is 10.9 Å². The second-order valence-electron chi connectivity index (χ2n) is 5.68. The van der Waals surface area contributed by atoms with E-state index in [4.69, 9.17) is 5.73 Å².